The minimum atomic E-state index is -0.384. The number of oxazole rings is 1. The number of amides is 1. The molecule has 0 N–H and O–H groups in total. The molecule has 3 aromatic rings. The molecule has 1 aromatic heterocycles. The first-order chi connectivity index (χ1) is 14.4. The summed E-state index contributed by atoms with van der Waals surface area (Å²) >= 11 is 0. The predicted octanol–water partition coefficient (Wildman–Crippen LogP) is 4.14. The normalized spacial score (nSPS) is 11.1. The molecule has 1 heterocycles. The average molecular weight is 413 g/mol. The number of benzene rings is 2. The van der Waals surface area contributed by atoms with Crippen LogP contribution < -0.4 is 0 Å². The summed E-state index contributed by atoms with van der Waals surface area (Å²) in [5, 5.41) is 0. The van der Waals surface area contributed by atoms with Crippen LogP contribution in [0.25, 0.3) is 11.3 Å². The molecule has 3 rings (SSSR count). The van der Waals surface area contributed by atoms with Gasteiger partial charge in [-0.05, 0) is 43.9 Å². The molecule has 0 aliphatic heterocycles. The van der Waals surface area contributed by atoms with E-state index in [2.05, 4.69) is 4.98 Å². The lowest BCUT2D eigenvalue weighted by atomic mass is 10.2. The van der Waals surface area contributed by atoms with Crippen LogP contribution in [0.3, 0.4) is 0 Å². The van der Waals surface area contributed by atoms with Gasteiger partial charge < -0.3 is 14.2 Å². The first-order valence-corrected chi connectivity index (χ1v) is 9.79. The van der Waals surface area contributed by atoms with E-state index in [1.807, 2.05) is 19.0 Å². The van der Waals surface area contributed by atoms with E-state index in [-0.39, 0.29) is 24.0 Å². The van der Waals surface area contributed by atoms with Gasteiger partial charge in [0.05, 0.1) is 11.8 Å². The number of carbonyl (C=O) groups excluding carboxylic acids is 1. The number of aryl methyl sites for hydroxylation is 1. The van der Waals surface area contributed by atoms with Crippen molar-refractivity contribution in [2.75, 3.05) is 27.2 Å². The van der Waals surface area contributed by atoms with E-state index >= 15 is 0 Å². The zero-order valence-corrected chi connectivity index (χ0v) is 17.1. The second-order valence-corrected chi connectivity index (χ2v) is 7.34. The van der Waals surface area contributed by atoms with Crippen molar-refractivity contribution in [2.24, 2.45) is 0 Å². The highest BCUT2D eigenvalue weighted by Crippen LogP contribution is 2.23. The predicted molar refractivity (Wildman–Crippen MR) is 111 cm³/mol. The maximum Gasteiger partial charge on any atom is 0.223 e. The summed E-state index contributed by atoms with van der Waals surface area (Å²) in [5.41, 5.74) is 1.20. The Kier molecular flexibility index (Phi) is 7.30. The lowest BCUT2D eigenvalue weighted by Crippen LogP contribution is -2.36. The van der Waals surface area contributed by atoms with Crippen molar-refractivity contribution in [1.29, 1.82) is 0 Å². The van der Waals surface area contributed by atoms with Gasteiger partial charge in [0.1, 0.15) is 11.6 Å². The Balaban J connectivity index is 1.63. The molecule has 0 saturated carbocycles. The van der Waals surface area contributed by atoms with Gasteiger partial charge in [-0.3, -0.25) is 4.79 Å². The molecule has 0 saturated heterocycles. The summed E-state index contributed by atoms with van der Waals surface area (Å²) in [6.07, 6.45) is 2.00. The zero-order chi connectivity index (χ0) is 21.5. The minimum Gasteiger partial charge on any atom is -0.441 e. The maximum absolute atomic E-state index is 13.9. The van der Waals surface area contributed by atoms with E-state index in [4.69, 9.17) is 4.42 Å². The number of rotatable bonds is 9. The first kappa shape index (κ1) is 21.6. The quantitative estimate of drug-likeness (QED) is 0.529. The van der Waals surface area contributed by atoms with Crippen molar-refractivity contribution < 1.29 is 18.0 Å². The van der Waals surface area contributed by atoms with E-state index < -0.39 is 0 Å². The third-order valence-electron chi connectivity index (χ3n) is 4.70. The number of likely N-dealkylation sites (N-methyl/N-ethyl adjacent to an activating group) is 1. The molecule has 0 aliphatic carbocycles. The largest absolute Gasteiger partial charge is 0.441 e. The number of carbonyl (C=O) groups is 1. The summed E-state index contributed by atoms with van der Waals surface area (Å²) in [6, 6.07) is 12.5. The van der Waals surface area contributed by atoms with Crippen LogP contribution in [0.1, 0.15) is 17.9 Å². The van der Waals surface area contributed by atoms with Crippen LogP contribution in [-0.4, -0.2) is 47.9 Å². The second kappa shape index (κ2) is 10.1. The van der Waals surface area contributed by atoms with Crippen LogP contribution in [0.2, 0.25) is 0 Å². The Morgan fingerprint density at radius 3 is 2.47 bits per heavy atom. The molecular formula is C23H25F2N3O2. The third kappa shape index (κ3) is 5.97. The first-order valence-electron chi connectivity index (χ1n) is 9.79. The molecule has 30 heavy (non-hydrogen) atoms. The highest BCUT2D eigenvalue weighted by Gasteiger charge is 2.17. The lowest BCUT2D eigenvalue weighted by molar-refractivity contribution is -0.132. The third-order valence-corrected chi connectivity index (χ3v) is 4.70. The highest BCUT2D eigenvalue weighted by molar-refractivity contribution is 5.76. The van der Waals surface area contributed by atoms with Crippen molar-refractivity contribution in [2.45, 2.75) is 19.4 Å². The summed E-state index contributed by atoms with van der Waals surface area (Å²) in [7, 11) is 3.88. The summed E-state index contributed by atoms with van der Waals surface area (Å²) < 4.78 is 32.7. The standard InChI is InChI=1S/C23H25F2N3O2/c1-27(2)13-14-28(16-17-7-9-18(24)10-8-17)23(29)12-11-22-26-15-21(30-22)19-5-3-4-6-20(19)25/h3-10,15H,11-14,16H2,1-2H3. The Morgan fingerprint density at radius 1 is 1.03 bits per heavy atom. The Labute approximate surface area is 174 Å². The lowest BCUT2D eigenvalue weighted by Gasteiger charge is -2.24. The smallest absolute Gasteiger partial charge is 0.223 e. The highest BCUT2D eigenvalue weighted by atomic mass is 19.1. The molecule has 7 heteroatoms. The van der Waals surface area contributed by atoms with Crippen molar-refractivity contribution >= 4 is 5.91 Å². The molecule has 0 unspecified atom stereocenters. The zero-order valence-electron chi connectivity index (χ0n) is 17.1. The van der Waals surface area contributed by atoms with Crippen molar-refractivity contribution in [3.63, 3.8) is 0 Å². The van der Waals surface area contributed by atoms with Crippen molar-refractivity contribution in [3.8, 4) is 11.3 Å². The van der Waals surface area contributed by atoms with E-state index in [0.29, 0.717) is 43.3 Å². The molecule has 1 amide bonds. The molecule has 0 fully saturated rings. The summed E-state index contributed by atoms with van der Waals surface area (Å²) in [5.74, 6) is -0.0148. The van der Waals surface area contributed by atoms with Gasteiger partial charge in [-0.15, -0.1) is 0 Å². The monoisotopic (exact) mass is 413 g/mol. The maximum atomic E-state index is 13.9. The van der Waals surface area contributed by atoms with E-state index in [9.17, 15) is 13.6 Å². The summed E-state index contributed by atoms with van der Waals surface area (Å²) in [6.45, 7) is 1.66. The number of aromatic nitrogens is 1. The van der Waals surface area contributed by atoms with E-state index in [0.717, 1.165) is 5.56 Å². The van der Waals surface area contributed by atoms with Crippen LogP contribution >= 0.6 is 0 Å². The van der Waals surface area contributed by atoms with Crippen LogP contribution in [0.15, 0.2) is 59.1 Å². The van der Waals surface area contributed by atoms with Crippen molar-refractivity contribution in [1.82, 2.24) is 14.8 Å². The summed E-state index contributed by atoms with van der Waals surface area (Å²) in [4.78, 5) is 20.8. The Hall–Kier alpha value is -3.06. The van der Waals surface area contributed by atoms with Gasteiger partial charge in [0, 0.05) is 32.5 Å². The van der Waals surface area contributed by atoms with Gasteiger partial charge >= 0.3 is 0 Å². The molecule has 0 radical (unpaired) electrons. The molecule has 5 nitrogen and oxygen atoms in total. The topological polar surface area (TPSA) is 49.6 Å². The van der Waals surface area contributed by atoms with Crippen LogP contribution in [0.4, 0.5) is 8.78 Å². The SMILES string of the molecule is CN(C)CCN(Cc1ccc(F)cc1)C(=O)CCc1ncc(-c2ccccc2F)o1. The number of hydrogen-bond acceptors (Lipinski definition) is 4. The van der Waals surface area contributed by atoms with Gasteiger partial charge in [0.2, 0.25) is 5.91 Å². The van der Waals surface area contributed by atoms with E-state index in [1.54, 1.807) is 35.2 Å². The van der Waals surface area contributed by atoms with Gasteiger partial charge in [-0.2, -0.15) is 0 Å². The Morgan fingerprint density at radius 2 is 1.77 bits per heavy atom. The van der Waals surface area contributed by atoms with Gasteiger partial charge in [0.15, 0.2) is 11.7 Å². The van der Waals surface area contributed by atoms with Gasteiger partial charge in [-0.1, -0.05) is 24.3 Å². The Bertz CT molecular complexity index is 971. The second-order valence-electron chi connectivity index (χ2n) is 7.34. The minimum absolute atomic E-state index is 0.0492. The molecule has 0 bridgehead atoms. The number of hydrogen-bond donors (Lipinski definition) is 0. The van der Waals surface area contributed by atoms with Gasteiger partial charge in [-0.25, -0.2) is 13.8 Å². The van der Waals surface area contributed by atoms with Crippen LogP contribution in [-0.2, 0) is 17.8 Å². The molecule has 0 atom stereocenters. The van der Waals surface area contributed by atoms with Crippen LogP contribution in [0.5, 0.6) is 0 Å². The fraction of sp³-hybridized carbons (Fsp3) is 0.304. The molecule has 0 spiro atoms. The fourth-order valence-corrected chi connectivity index (χ4v) is 3.01. The fourth-order valence-electron chi connectivity index (χ4n) is 3.01. The molecule has 2 aromatic carbocycles. The number of nitrogens with zero attached hydrogens (tertiary/aromatic N) is 3. The van der Waals surface area contributed by atoms with Crippen molar-refractivity contribution in [3.05, 3.63) is 77.8 Å². The molecule has 0 aliphatic rings. The molecule has 158 valence electrons. The average Bonchev–Trinajstić information content (AvgIpc) is 3.19. The van der Waals surface area contributed by atoms with Gasteiger partial charge in [0.25, 0.3) is 0 Å². The number of halogens is 2. The van der Waals surface area contributed by atoms with Crippen LogP contribution in [0, 0.1) is 11.6 Å². The van der Waals surface area contributed by atoms with E-state index in [1.165, 1.54) is 24.4 Å². The molecular weight excluding hydrogens is 388 g/mol.